The van der Waals surface area contributed by atoms with Crippen molar-refractivity contribution in [2.75, 3.05) is 24.3 Å². The molecule has 0 aliphatic carbocycles. The molecule has 0 radical (unpaired) electrons. The monoisotopic (exact) mass is 431 g/mol. The highest BCUT2D eigenvalue weighted by Crippen LogP contribution is 2.34. The summed E-state index contributed by atoms with van der Waals surface area (Å²) in [5.41, 5.74) is 1.89. The molecule has 2 N–H and O–H groups in total. The number of nitrogens with one attached hydrogen (secondary N) is 2. The third-order valence-electron chi connectivity index (χ3n) is 5.17. The van der Waals surface area contributed by atoms with E-state index in [1.165, 1.54) is 6.26 Å². The van der Waals surface area contributed by atoms with E-state index >= 15 is 0 Å². The molecule has 30 heavy (non-hydrogen) atoms. The maximum absolute atomic E-state index is 13.1. The van der Waals surface area contributed by atoms with Crippen LogP contribution in [0.3, 0.4) is 0 Å². The first kappa shape index (κ1) is 20.4. The van der Waals surface area contributed by atoms with Gasteiger partial charge in [0.15, 0.2) is 0 Å². The van der Waals surface area contributed by atoms with E-state index in [9.17, 15) is 13.8 Å². The lowest BCUT2D eigenvalue weighted by molar-refractivity contribution is 0.185. The van der Waals surface area contributed by atoms with Crippen molar-refractivity contribution < 1.29 is 8.95 Å². The summed E-state index contributed by atoms with van der Waals surface area (Å²) in [5.74, 6) is 3.60. The highest BCUT2D eigenvalue weighted by atomic mass is 32.2. The topological polar surface area (TPSA) is 111 Å². The van der Waals surface area contributed by atoms with E-state index in [1.54, 1.807) is 12.3 Å². The number of hydrogen-bond acceptors (Lipinski definition) is 5. The summed E-state index contributed by atoms with van der Waals surface area (Å²) in [5, 5.41) is 4.80. The lowest BCUT2D eigenvalue weighted by Crippen LogP contribution is -2.43. The molecule has 160 valence electrons. The number of aromatic nitrogens is 4. The van der Waals surface area contributed by atoms with Crippen molar-refractivity contribution in [3.63, 3.8) is 0 Å². The molecule has 1 aromatic carbocycles. The lowest BCUT2D eigenvalue weighted by atomic mass is 9.93. The molecule has 2 aromatic heterocycles. The largest absolute Gasteiger partial charge is 0.379 e. The Morgan fingerprint density at radius 3 is 2.77 bits per heavy atom. The molecule has 0 spiro atoms. The number of H-pyrrole nitrogens is 1. The van der Waals surface area contributed by atoms with Crippen LogP contribution in [0, 0.1) is 0 Å². The fourth-order valence-corrected chi connectivity index (χ4v) is 4.34. The Kier molecular flexibility index (Phi) is 5.07. The van der Waals surface area contributed by atoms with E-state index in [-0.39, 0.29) is 12.0 Å². The minimum absolute atomic E-state index is 0.135. The zero-order valence-corrected chi connectivity index (χ0v) is 18.0. The van der Waals surface area contributed by atoms with Gasteiger partial charge in [-0.1, -0.05) is 13.8 Å². The van der Waals surface area contributed by atoms with Crippen LogP contribution in [0.4, 0.5) is 0 Å². The average Bonchev–Trinajstić information content (AvgIpc) is 3.34. The summed E-state index contributed by atoms with van der Waals surface area (Å²) in [7, 11) is -2.82. The van der Waals surface area contributed by atoms with E-state index in [0.717, 1.165) is 27.9 Å². The highest BCUT2D eigenvalue weighted by Gasteiger charge is 2.23. The molecular weight excluding hydrogens is 406 g/mol. The zero-order valence-electron chi connectivity index (χ0n) is 17.2. The number of hydrogen-bond donors (Lipinski definition) is 2. The van der Waals surface area contributed by atoms with Gasteiger partial charge >= 0.3 is 5.69 Å². The summed E-state index contributed by atoms with van der Waals surface area (Å²) in [4.78, 5) is 30.6. The van der Waals surface area contributed by atoms with Gasteiger partial charge in [0.25, 0.3) is 5.56 Å². The van der Waals surface area contributed by atoms with Crippen LogP contribution < -0.4 is 16.1 Å². The standard InChI is InChI=1S/C20H25N5O4S/c1-12(2)14-10-17-16(19(26)25(20(27)22-17)23-30(3,4)28)9-15(14)18-5-7-21-24(18)13-6-8-29-11-13/h5,7,9-10,12-13H,3,6,8,11H2,1-2,4H3,(H,22,27)(H,23,28)/t13-,30?/m1/s1. The van der Waals surface area contributed by atoms with Gasteiger partial charge in [0, 0.05) is 24.6 Å². The summed E-state index contributed by atoms with van der Waals surface area (Å²) < 4.78 is 20.2. The Labute approximate surface area is 173 Å². The van der Waals surface area contributed by atoms with Crippen LogP contribution in [0.15, 0.2) is 34.0 Å². The van der Waals surface area contributed by atoms with Crippen molar-refractivity contribution >= 4 is 26.5 Å². The summed E-state index contributed by atoms with van der Waals surface area (Å²) in [6, 6.07) is 5.65. The summed E-state index contributed by atoms with van der Waals surface area (Å²) >= 11 is 0. The van der Waals surface area contributed by atoms with Gasteiger partial charge < -0.3 is 9.72 Å². The van der Waals surface area contributed by atoms with Gasteiger partial charge in [-0.15, -0.1) is 0 Å². The summed E-state index contributed by atoms with van der Waals surface area (Å²) in [6.07, 6.45) is 3.93. The fourth-order valence-electron chi connectivity index (χ4n) is 3.79. The molecule has 1 saturated heterocycles. The Morgan fingerprint density at radius 2 is 2.13 bits per heavy atom. The van der Waals surface area contributed by atoms with Crippen molar-refractivity contribution in [1.29, 1.82) is 0 Å². The molecule has 9 nitrogen and oxygen atoms in total. The molecule has 1 unspecified atom stereocenters. The van der Waals surface area contributed by atoms with Crippen LogP contribution in [0.2, 0.25) is 0 Å². The predicted molar refractivity (Wildman–Crippen MR) is 119 cm³/mol. The van der Waals surface area contributed by atoms with Gasteiger partial charge in [-0.25, -0.2) is 13.8 Å². The van der Waals surface area contributed by atoms with E-state index in [2.05, 4.69) is 34.6 Å². The van der Waals surface area contributed by atoms with Crippen molar-refractivity contribution in [3.05, 3.63) is 50.8 Å². The third-order valence-corrected chi connectivity index (χ3v) is 5.74. The fraction of sp³-hybridized carbons (Fsp3) is 0.400. The van der Waals surface area contributed by atoms with Gasteiger partial charge in [0.05, 0.1) is 39.0 Å². The smallest absolute Gasteiger partial charge is 0.348 e. The molecule has 4 rings (SSSR count). The maximum Gasteiger partial charge on any atom is 0.348 e. The van der Waals surface area contributed by atoms with Gasteiger partial charge in [-0.2, -0.15) is 9.77 Å². The first-order chi connectivity index (χ1) is 14.2. The number of benzene rings is 1. The Balaban J connectivity index is 1.98. The average molecular weight is 432 g/mol. The molecular formula is C20H25N5O4S. The first-order valence-corrected chi connectivity index (χ1v) is 11.8. The predicted octanol–water partition coefficient (Wildman–Crippen LogP) is 1.44. The lowest BCUT2D eigenvalue weighted by Gasteiger charge is -2.18. The number of rotatable bonds is 5. The normalized spacial score (nSPS) is 18.7. The molecule has 1 aliphatic heterocycles. The minimum atomic E-state index is -2.82. The Hall–Kier alpha value is -2.85. The van der Waals surface area contributed by atoms with E-state index in [0.29, 0.717) is 24.1 Å². The second-order valence-corrected chi connectivity index (χ2v) is 10.2. The van der Waals surface area contributed by atoms with Crippen molar-refractivity contribution in [1.82, 2.24) is 19.4 Å². The number of aromatic amines is 1. The molecule has 2 atom stereocenters. The van der Waals surface area contributed by atoms with Crippen molar-refractivity contribution in [2.24, 2.45) is 0 Å². The van der Waals surface area contributed by atoms with Gasteiger partial charge in [-0.05, 0) is 42.0 Å². The van der Waals surface area contributed by atoms with Crippen LogP contribution in [-0.4, -0.2) is 49.0 Å². The van der Waals surface area contributed by atoms with Gasteiger partial charge in [0.1, 0.15) is 0 Å². The van der Waals surface area contributed by atoms with Crippen molar-refractivity contribution in [3.8, 4) is 11.3 Å². The quantitative estimate of drug-likeness (QED) is 0.594. The SMILES string of the molecule is C=S(C)(=O)Nn1c(=O)[nH]c2cc(C(C)C)c(-c3ccnn3[C@@H]3CCOC3)cc2c1=O. The Bertz CT molecular complexity index is 1330. The van der Waals surface area contributed by atoms with E-state index < -0.39 is 21.0 Å². The second-order valence-electron chi connectivity index (χ2n) is 7.99. The van der Waals surface area contributed by atoms with E-state index in [1.807, 2.05) is 16.8 Å². The van der Waals surface area contributed by atoms with E-state index in [4.69, 9.17) is 4.74 Å². The molecule has 0 bridgehead atoms. The van der Waals surface area contributed by atoms with Crippen LogP contribution in [0.5, 0.6) is 0 Å². The number of ether oxygens (including phenoxy) is 1. The molecule has 1 aliphatic rings. The van der Waals surface area contributed by atoms with Crippen molar-refractivity contribution in [2.45, 2.75) is 32.2 Å². The van der Waals surface area contributed by atoms with Crippen LogP contribution in [0.1, 0.15) is 37.8 Å². The highest BCUT2D eigenvalue weighted by molar-refractivity contribution is 8.00. The van der Waals surface area contributed by atoms with Gasteiger partial charge in [-0.3, -0.25) is 9.48 Å². The van der Waals surface area contributed by atoms with Gasteiger partial charge in [0.2, 0.25) is 0 Å². The zero-order chi connectivity index (χ0) is 21.6. The number of nitrogens with zero attached hydrogens (tertiary/aromatic N) is 3. The first-order valence-electron chi connectivity index (χ1n) is 9.70. The van der Waals surface area contributed by atoms with Crippen LogP contribution in [0.25, 0.3) is 22.2 Å². The third kappa shape index (κ3) is 3.68. The minimum Gasteiger partial charge on any atom is -0.379 e. The molecule has 1 fully saturated rings. The van der Waals surface area contributed by atoms with Crippen LogP contribution >= 0.6 is 0 Å². The number of fused-ring (bicyclic) bond motifs is 1. The molecule has 0 saturated carbocycles. The molecule has 10 heteroatoms. The molecule has 3 heterocycles. The Morgan fingerprint density at radius 1 is 1.37 bits per heavy atom. The maximum atomic E-state index is 13.1. The molecule has 0 amide bonds. The van der Waals surface area contributed by atoms with Crippen LogP contribution in [-0.2, 0) is 14.4 Å². The summed E-state index contributed by atoms with van der Waals surface area (Å²) in [6.45, 7) is 5.40. The molecule has 3 aromatic rings. The second kappa shape index (κ2) is 7.44.